The smallest absolute Gasteiger partial charge is 0.181 e. The Morgan fingerprint density at radius 1 is 1.70 bits per heavy atom. The van der Waals surface area contributed by atoms with Gasteiger partial charge < -0.3 is 9.73 Å². The fourth-order valence-corrected chi connectivity index (χ4v) is 0.734. The van der Waals surface area contributed by atoms with Crippen molar-refractivity contribution in [2.75, 3.05) is 6.54 Å². The Hall–Kier alpha value is -0.830. The maximum absolute atomic E-state index is 5.09. The van der Waals surface area contributed by atoms with Crippen molar-refractivity contribution in [3.05, 3.63) is 17.8 Å². The van der Waals surface area contributed by atoms with Gasteiger partial charge in [-0.15, -0.1) is 0 Å². The molecule has 1 aromatic rings. The van der Waals surface area contributed by atoms with Crippen LogP contribution < -0.4 is 5.32 Å². The van der Waals surface area contributed by atoms with Crippen LogP contribution in [-0.4, -0.2) is 11.5 Å². The first kappa shape index (κ1) is 7.28. The number of nitrogens with zero attached hydrogens (tertiary/aromatic N) is 1. The van der Waals surface area contributed by atoms with Crippen LogP contribution in [0.25, 0.3) is 0 Å². The minimum Gasteiger partial charge on any atom is -0.447 e. The molecule has 0 amide bonds. The SMILES string of the molecule is CCNCc1ocnc1C. The molecule has 0 saturated heterocycles. The van der Waals surface area contributed by atoms with Gasteiger partial charge in [0.25, 0.3) is 0 Å². The topological polar surface area (TPSA) is 38.1 Å². The fourth-order valence-electron chi connectivity index (χ4n) is 0.734. The van der Waals surface area contributed by atoms with Gasteiger partial charge in [0.2, 0.25) is 0 Å². The second-order valence-electron chi connectivity index (χ2n) is 2.14. The van der Waals surface area contributed by atoms with E-state index in [1.54, 1.807) is 0 Å². The molecule has 0 atom stereocenters. The number of hydrogen-bond acceptors (Lipinski definition) is 3. The molecule has 3 heteroatoms. The van der Waals surface area contributed by atoms with Crippen molar-refractivity contribution in [3.8, 4) is 0 Å². The van der Waals surface area contributed by atoms with Crippen molar-refractivity contribution in [1.29, 1.82) is 0 Å². The molecule has 0 saturated carbocycles. The van der Waals surface area contributed by atoms with Gasteiger partial charge in [-0.1, -0.05) is 6.92 Å². The van der Waals surface area contributed by atoms with Crippen LogP contribution in [0.15, 0.2) is 10.8 Å². The third-order valence-electron chi connectivity index (χ3n) is 1.38. The predicted octanol–water partition coefficient (Wildman–Crippen LogP) is 1.09. The molecule has 0 aliphatic rings. The second-order valence-corrected chi connectivity index (χ2v) is 2.14. The Kier molecular flexibility index (Phi) is 2.45. The maximum atomic E-state index is 5.09. The van der Waals surface area contributed by atoms with Crippen LogP contribution in [0.3, 0.4) is 0 Å². The zero-order valence-electron chi connectivity index (χ0n) is 6.35. The normalized spacial score (nSPS) is 10.2. The second kappa shape index (κ2) is 3.37. The molecule has 0 aromatic carbocycles. The molecular weight excluding hydrogens is 128 g/mol. The molecule has 1 heterocycles. The molecule has 3 nitrogen and oxygen atoms in total. The first-order chi connectivity index (χ1) is 4.84. The van der Waals surface area contributed by atoms with Gasteiger partial charge >= 0.3 is 0 Å². The van der Waals surface area contributed by atoms with Crippen LogP contribution in [0.5, 0.6) is 0 Å². The first-order valence-corrected chi connectivity index (χ1v) is 3.44. The van der Waals surface area contributed by atoms with Crippen molar-refractivity contribution in [2.24, 2.45) is 0 Å². The van der Waals surface area contributed by atoms with Crippen LogP contribution in [0, 0.1) is 6.92 Å². The fraction of sp³-hybridized carbons (Fsp3) is 0.571. The van der Waals surface area contributed by atoms with Gasteiger partial charge in [-0.3, -0.25) is 0 Å². The standard InChI is InChI=1S/C7H12N2O/c1-3-8-4-7-6(2)9-5-10-7/h5,8H,3-4H2,1-2H3. The number of aromatic nitrogens is 1. The Bertz CT molecular complexity index is 195. The molecule has 0 aliphatic heterocycles. The minimum atomic E-state index is 0.780. The molecule has 0 unspecified atom stereocenters. The number of hydrogen-bond donors (Lipinski definition) is 1. The summed E-state index contributed by atoms with van der Waals surface area (Å²) in [5.41, 5.74) is 0.973. The Balaban J connectivity index is 2.49. The van der Waals surface area contributed by atoms with Crippen molar-refractivity contribution >= 4 is 0 Å². The summed E-state index contributed by atoms with van der Waals surface area (Å²) in [6.07, 6.45) is 1.47. The summed E-state index contributed by atoms with van der Waals surface area (Å²) < 4.78 is 5.09. The van der Waals surface area contributed by atoms with Gasteiger partial charge in [-0.2, -0.15) is 0 Å². The molecule has 0 bridgehead atoms. The van der Waals surface area contributed by atoms with E-state index >= 15 is 0 Å². The Morgan fingerprint density at radius 3 is 3.00 bits per heavy atom. The van der Waals surface area contributed by atoms with E-state index in [9.17, 15) is 0 Å². The van der Waals surface area contributed by atoms with Crippen LogP contribution in [-0.2, 0) is 6.54 Å². The summed E-state index contributed by atoms with van der Waals surface area (Å²) >= 11 is 0. The number of nitrogens with one attached hydrogen (secondary N) is 1. The third kappa shape index (κ3) is 1.57. The summed E-state index contributed by atoms with van der Waals surface area (Å²) in [5, 5.41) is 3.16. The van der Waals surface area contributed by atoms with Gasteiger partial charge in [0.1, 0.15) is 5.76 Å². The van der Waals surface area contributed by atoms with Gasteiger partial charge in [-0.25, -0.2) is 4.98 Å². The number of rotatable bonds is 3. The van der Waals surface area contributed by atoms with E-state index in [1.165, 1.54) is 6.39 Å². The lowest BCUT2D eigenvalue weighted by atomic mass is 10.4. The van der Waals surface area contributed by atoms with Gasteiger partial charge in [0, 0.05) is 0 Å². The van der Waals surface area contributed by atoms with E-state index in [2.05, 4.69) is 17.2 Å². The third-order valence-corrected chi connectivity index (χ3v) is 1.38. The van der Waals surface area contributed by atoms with Gasteiger partial charge in [0.05, 0.1) is 12.2 Å². The lowest BCUT2D eigenvalue weighted by Gasteiger charge is -1.96. The average Bonchev–Trinajstić information content (AvgIpc) is 2.31. The Labute approximate surface area is 60.5 Å². The summed E-state index contributed by atoms with van der Waals surface area (Å²) in [6.45, 7) is 5.74. The summed E-state index contributed by atoms with van der Waals surface area (Å²) in [5.74, 6) is 0.932. The van der Waals surface area contributed by atoms with E-state index in [0.29, 0.717) is 0 Å². The van der Waals surface area contributed by atoms with Gasteiger partial charge in [-0.05, 0) is 13.5 Å². The van der Waals surface area contributed by atoms with Gasteiger partial charge in [0.15, 0.2) is 6.39 Å². The molecule has 1 aromatic heterocycles. The summed E-state index contributed by atoms with van der Waals surface area (Å²) in [7, 11) is 0. The first-order valence-electron chi connectivity index (χ1n) is 3.44. The zero-order valence-corrected chi connectivity index (χ0v) is 6.35. The lowest BCUT2D eigenvalue weighted by Crippen LogP contribution is -2.11. The van der Waals surface area contributed by atoms with Crippen molar-refractivity contribution in [3.63, 3.8) is 0 Å². The highest BCUT2D eigenvalue weighted by atomic mass is 16.3. The predicted molar refractivity (Wildman–Crippen MR) is 38.6 cm³/mol. The molecular formula is C7H12N2O. The van der Waals surface area contributed by atoms with E-state index in [0.717, 1.165) is 24.5 Å². The highest BCUT2D eigenvalue weighted by molar-refractivity contribution is 5.03. The highest BCUT2D eigenvalue weighted by Crippen LogP contribution is 2.02. The highest BCUT2D eigenvalue weighted by Gasteiger charge is 1.99. The maximum Gasteiger partial charge on any atom is 0.181 e. The van der Waals surface area contributed by atoms with Crippen LogP contribution in [0.4, 0.5) is 0 Å². The summed E-state index contributed by atoms with van der Waals surface area (Å²) in [4.78, 5) is 3.96. The number of oxazole rings is 1. The van der Waals surface area contributed by atoms with Crippen molar-refractivity contribution in [2.45, 2.75) is 20.4 Å². The molecule has 1 rings (SSSR count). The molecule has 56 valence electrons. The van der Waals surface area contributed by atoms with E-state index in [4.69, 9.17) is 4.42 Å². The largest absolute Gasteiger partial charge is 0.447 e. The molecule has 0 spiro atoms. The zero-order chi connectivity index (χ0) is 7.40. The van der Waals surface area contributed by atoms with E-state index in [-0.39, 0.29) is 0 Å². The monoisotopic (exact) mass is 140 g/mol. The van der Waals surface area contributed by atoms with Crippen molar-refractivity contribution in [1.82, 2.24) is 10.3 Å². The minimum absolute atomic E-state index is 0.780. The molecule has 10 heavy (non-hydrogen) atoms. The van der Waals surface area contributed by atoms with Crippen LogP contribution >= 0.6 is 0 Å². The number of aryl methyl sites for hydroxylation is 1. The molecule has 0 fully saturated rings. The van der Waals surface area contributed by atoms with Crippen LogP contribution in [0.1, 0.15) is 18.4 Å². The lowest BCUT2D eigenvalue weighted by molar-refractivity contribution is 0.481. The summed E-state index contributed by atoms with van der Waals surface area (Å²) in [6, 6.07) is 0. The molecule has 0 aliphatic carbocycles. The van der Waals surface area contributed by atoms with Crippen molar-refractivity contribution < 1.29 is 4.42 Å². The quantitative estimate of drug-likeness (QED) is 0.683. The van der Waals surface area contributed by atoms with E-state index in [1.807, 2.05) is 6.92 Å². The molecule has 1 N–H and O–H groups in total. The van der Waals surface area contributed by atoms with Crippen LogP contribution in [0.2, 0.25) is 0 Å². The molecule has 0 radical (unpaired) electrons. The average molecular weight is 140 g/mol. The Morgan fingerprint density at radius 2 is 2.50 bits per heavy atom. The van der Waals surface area contributed by atoms with E-state index < -0.39 is 0 Å².